The quantitative estimate of drug-likeness (QED) is 0.431. The number of benzene rings is 3. The van der Waals surface area contributed by atoms with Gasteiger partial charge >= 0.3 is 0 Å². The van der Waals surface area contributed by atoms with Crippen LogP contribution in [0.5, 0.6) is 11.5 Å². The van der Waals surface area contributed by atoms with Crippen molar-refractivity contribution in [1.29, 1.82) is 5.26 Å². The van der Waals surface area contributed by atoms with E-state index in [9.17, 15) is 5.26 Å². The molecule has 0 amide bonds. The number of hydrogen-bond donors (Lipinski definition) is 2. The van der Waals surface area contributed by atoms with Crippen LogP contribution in [0.25, 0.3) is 21.9 Å². The molecule has 6 heteroatoms. The van der Waals surface area contributed by atoms with Gasteiger partial charge in [0.2, 0.25) is 0 Å². The van der Waals surface area contributed by atoms with E-state index >= 15 is 0 Å². The minimum absolute atomic E-state index is 0.469. The first-order valence-corrected chi connectivity index (χ1v) is 9.07. The lowest BCUT2D eigenvalue weighted by Gasteiger charge is -2.10. The number of hydrogen-bond acceptors (Lipinski definition) is 5. The molecule has 0 aliphatic heterocycles. The maximum absolute atomic E-state index is 9.57. The number of nitriles is 1. The third-order valence-electron chi connectivity index (χ3n) is 4.59. The summed E-state index contributed by atoms with van der Waals surface area (Å²) in [6.45, 7) is 0. The first-order valence-electron chi connectivity index (χ1n) is 9.07. The number of H-pyrrole nitrogens is 1. The van der Waals surface area contributed by atoms with Crippen LogP contribution in [0.15, 0.2) is 79.1 Å². The maximum Gasteiger partial charge on any atom is 0.149 e. The van der Waals surface area contributed by atoms with E-state index in [1.807, 2.05) is 72.8 Å². The molecule has 0 radical (unpaired) electrons. The van der Waals surface area contributed by atoms with Gasteiger partial charge in [-0.25, -0.2) is 9.97 Å². The molecule has 0 aliphatic rings. The highest BCUT2D eigenvalue weighted by atomic mass is 16.5. The molecule has 29 heavy (non-hydrogen) atoms. The number of imidazole rings is 1. The van der Waals surface area contributed by atoms with Crippen molar-refractivity contribution < 1.29 is 4.74 Å². The zero-order valence-corrected chi connectivity index (χ0v) is 15.3. The molecule has 3 aromatic carbocycles. The molecule has 0 spiro atoms. The highest BCUT2D eigenvalue weighted by molar-refractivity contribution is 6.02. The number of aromatic nitrogens is 3. The summed E-state index contributed by atoms with van der Waals surface area (Å²) < 4.78 is 5.82. The fourth-order valence-electron chi connectivity index (χ4n) is 3.19. The van der Waals surface area contributed by atoms with Gasteiger partial charge in [-0.15, -0.1) is 0 Å². The molecule has 2 aromatic heterocycles. The van der Waals surface area contributed by atoms with Gasteiger partial charge in [0.15, 0.2) is 0 Å². The summed E-state index contributed by atoms with van der Waals surface area (Å²) in [7, 11) is 0. The molecule has 2 heterocycles. The van der Waals surface area contributed by atoms with Crippen LogP contribution in [0.1, 0.15) is 5.56 Å². The van der Waals surface area contributed by atoms with Crippen LogP contribution in [-0.4, -0.2) is 15.0 Å². The van der Waals surface area contributed by atoms with Crippen molar-refractivity contribution in [2.45, 2.75) is 0 Å². The first kappa shape index (κ1) is 16.8. The fraction of sp³-hybridized carbons (Fsp3) is 0. The van der Waals surface area contributed by atoms with Crippen LogP contribution in [0.2, 0.25) is 0 Å². The highest BCUT2D eigenvalue weighted by Gasteiger charge is 2.11. The van der Waals surface area contributed by atoms with Crippen molar-refractivity contribution in [3.63, 3.8) is 0 Å². The number of rotatable bonds is 4. The van der Waals surface area contributed by atoms with E-state index in [-0.39, 0.29) is 0 Å². The summed E-state index contributed by atoms with van der Waals surface area (Å²) in [6, 6.07) is 25.0. The van der Waals surface area contributed by atoms with E-state index < -0.39 is 0 Å². The Hall–Kier alpha value is -4.37. The largest absolute Gasteiger partial charge is 0.457 e. The van der Waals surface area contributed by atoms with Gasteiger partial charge in [0, 0.05) is 11.1 Å². The van der Waals surface area contributed by atoms with Crippen molar-refractivity contribution >= 4 is 33.4 Å². The SMILES string of the molecule is N#Cc1cc2ccc3[nH]cnc3c2nc1Nc1ccc(Oc2ccccc2)cc1. The smallest absolute Gasteiger partial charge is 0.149 e. The normalized spacial score (nSPS) is 10.7. The first-order chi connectivity index (χ1) is 14.3. The number of fused-ring (bicyclic) bond motifs is 3. The molecule has 138 valence electrons. The van der Waals surface area contributed by atoms with Crippen molar-refractivity contribution in [3.05, 3.63) is 84.7 Å². The van der Waals surface area contributed by atoms with E-state index in [1.54, 1.807) is 6.33 Å². The van der Waals surface area contributed by atoms with E-state index in [0.717, 1.165) is 39.1 Å². The van der Waals surface area contributed by atoms with Crippen LogP contribution >= 0.6 is 0 Å². The molecule has 0 saturated heterocycles. The Morgan fingerprint density at radius 3 is 2.48 bits per heavy atom. The number of nitrogens with one attached hydrogen (secondary N) is 2. The van der Waals surface area contributed by atoms with Gasteiger partial charge in [0.05, 0.1) is 17.4 Å². The average molecular weight is 377 g/mol. The maximum atomic E-state index is 9.57. The van der Waals surface area contributed by atoms with Gasteiger partial charge in [0.25, 0.3) is 0 Å². The molecule has 2 N–H and O–H groups in total. The molecule has 0 saturated carbocycles. The number of nitrogens with zero attached hydrogens (tertiary/aromatic N) is 3. The lowest BCUT2D eigenvalue weighted by atomic mass is 10.1. The van der Waals surface area contributed by atoms with Crippen LogP contribution in [0, 0.1) is 11.3 Å². The van der Waals surface area contributed by atoms with Crippen LogP contribution in [0.4, 0.5) is 11.5 Å². The Morgan fingerprint density at radius 2 is 1.69 bits per heavy atom. The summed E-state index contributed by atoms with van der Waals surface area (Å²) in [5.74, 6) is 2.00. The standard InChI is InChI=1S/C23H15N5O/c24-13-16-12-15-6-11-20-22(26-14-25-20)21(15)28-23(16)27-17-7-9-19(10-8-17)29-18-4-2-1-3-5-18/h1-12,14H,(H,25,26)(H,27,28). The molecule has 0 aliphatic carbocycles. The third kappa shape index (κ3) is 3.22. The Labute approximate surface area is 166 Å². The number of aromatic amines is 1. The zero-order valence-electron chi connectivity index (χ0n) is 15.3. The third-order valence-corrected chi connectivity index (χ3v) is 4.59. The van der Waals surface area contributed by atoms with Gasteiger partial charge in [-0.1, -0.05) is 24.3 Å². The fourth-order valence-corrected chi connectivity index (χ4v) is 3.19. The van der Waals surface area contributed by atoms with E-state index in [4.69, 9.17) is 4.74 Å². The number of ether oxygens (including phenoxy) is 1. The summed E-state index contributed by atoms with van der Waals surface area (Å²) in [5.41, 5.74) is 3.71. The Bertz CT molecular complexity index is 1350. The molecule has 5 rings (SSSR count). The molecule has 0 unspecified atom stereocenters. The van der Waals surface area contributed by atoms with Crippen molar-refractivity contribution in [1.82, 2.24) is 15.0 Å². The van der Waals surface area contributed by atoms with Crippen LogP contribution in [0.3, 0.4) is 0 Å². The molecule has 6 nitrogen and oxygen atoms in total. The van der Waals surface area contributed by atoms with Gasteiger partial charge in [0.1, 0.15) is 34.4 Å². The van der Waals surface area contributed by atoms with Crippen LogP contribution in [-0.2, 0) is 0 Å². The Kier molecular flexibility index (Phi) is 4.04. The molecule has 5 aromatic rings. The summed E-state index contributed by atoms with van der Waals surface area (Å²) in [5, 5.41) is 13.7. The predicted molar refractivity (Wildman–Crippen MR) is 112 cm³/mol. The Morgan fingerprint density at radius 1 is 0.897 bits per heavy atom. The van der Waals surface area contributed by atoms with Gasteiger partial charge in [-0.3, -0.25) is 0 Å². The van der Waals surface area contributed by atoms with E-state index in [2.05, 4.69) is 26.3 Å². The van der Waals surface area contributed by atoms with E-state index in [1.165, 1.54) is 0 Å². The minimum atomic E-state index is 0.469. The lowest BCUT2D eigenvalue weighted by Crippen LogP contribution is -1.98. The van der Waals surface area contributed by atoms with E-state index in [0.29, 0.717) is 11.4 Å². The zero-order chi connectivity index (χ0) is 19.6. The van der Waals surface area contributed by atoms with Crippen molar-refractivity contribution in [2.24, 2.45) is 0 Å². The average Bonchev–Trinajstić information content (AvgIpc) is 3.25. The monoisotopic (exact) mass is 377 g/mol. The molecule has 0 atom stereocenters. The number of pyridine rings is 1. The summed E-state index contributed by atoms with van der Waals surface area (Å²) in [6.07, 6.45) is 1.64. The minimum Gasteiger partial charge on any atom is -0.457 e. The molecule has 0 fully saturated rings. The highest BCUT2D eigenvalue weighted by Crippen LogP contribution is 2.28. The second-order valence-electron chi connectivity index (χ2n) is 6.50. The van der Waals surface area contributed by atoms with Crippen molar-refractivity contribution in [3.8, 4) is 17.6 Å². The number of anilines is 2. The molecular formula is C23H15N5O. The second-order valence-corrected chi connectivity index (χ2v) is 6.50. The van der Waals surface area contributed by atoms with Crippen molar-refractivity contribution in [2.75, 3.05) is 5.32 Å². The number of para-hydroxylation sites is 1. The Balaban J connectivity index is 1.47. The summed E-state index contributed by atoms with van der Waals surface area (Å²) in [4.78, 5) is 12.1. The molecule has 0 bridgehead atoms. The predicted octanol–water partition coefficient (Wildman–Crippen LogP) is 5.52. The molecular weight excluding hydrogens is 362 g/mol. The van der Waals surface area contributed by atoms with Gasteiger partial charge in [-0.05, 0) is 48.5 Å². The second kappa shape index (κ2) is 6.98. The van der Waals surface area contributed by atoms with Gasteiger partial charge in [-0.2, -0.15) is 5.26 Å². The van der Waals surface area contributed by atoms with Crippen LogP contribution < -0.4 is 10.1 Å². The summed E-state index contributed by atoms with van der Waals surface area (Å²) >= 11 is 0. The lowest BCUT2D eigenvalue weighted by molar-refractivity contribution is 0.483. The van der Waals surface area contributed by atoms with Gasteiger partial charge < -0.3 is 15.0 Å². The topological polar surface area (TPSA) is 86.6 Å².